The van der Waals surface area contributed by atoms with Gasteiger partial charge >= 0.3 is 6.09 Å². The maximum atomic E-state index is 11.9. The lowest BCUT2D eigenvalue weighted by molar-refractivity contribution is 0.0284. The molecule has 0 aliphatic heterocycles. The van der Waals surface area contributed by atoms with Gasteiger partial charge in [-0.1, -0.05) is 26.8 Å². The van der Waals surface area contributed by atoms with Gasteiger partial charge in [0.05, 0.1) is 6.10 Å². The van der Waals surface area contributed by atoms with Gasteiger partial charge in [0.2, 0.25) is 0 Å². The van der Waals surface area contributed by atoms with Gasteiger partial charge in [-0.2, -0.15) is 0 Å². The summed E-state index contributed by atoms with van der Waals surface area (Å²) in [6.45, 7) is 21.1. The molecular formula is C17H35NO3Si. The average molecular weight is 330 g/mol. The van der Waals surface area contributed by atoms with E-state index in [9.17, 15) is 4.79 Å². The molecule has 0 saturated heterocycles. The summed E-state index contributed by atoms with van der Waals surface area (Å²) >= 11 is 0. The molecule has 0 rings (SSSR count). The zero-order chi connectivity index (χ0) is 17.8. The first-order valence-corrected chi connectivity index (χ1v) is 10.8. The largest absolute Gasteiger partial charge is 0.444 e. The minimum atomic E-state index is -1.83. The molecule has 0 saturated carbocycles. The summed E-state index contributed by atoms with van der Waals surface area (Å²) in [5.41, 5.74) is -0.471. The summed E-state index contributed by atoms with van der Waals surface area (Å²) in [6.07, 6.45) is 2.23. The Morgan fingerprint density at radius 3 is 2.09 bits per heavy atom. The maximum absolute atomic E-state index is 11.9. The first kappa shape index (κ1) is 21.2. The molecule has 0 aromatic rings. The summed E-state index contributed by atoms with van der Waals surface area (Å²) in [5.74, 6) is 0. The Balaban J connectivity index is 4.54. The van der Waals surface area contributed by atoms with Crippen molar-refractivity contribution >= 4 is 14.4 Å². The van der Waals surface area contributed by atoms with Crippen molar-refractivity contribution in [1.82, 2.24) is 4.90 Å². The summed E-state index contributed by atoms with van der Waals surface area (Å²) in [4.78, 5) is 13.5. The number of hydrogen-bond acceptors (Lipinski definition) is 3. The highest BCUT2D eigenvalue weighted by Crippen LogP contribution is 2.37. The van der Waals surface area contributed by atoms with Crippen LogP contribution in [0.25, 0.3) is 0 Å². The van der Waals surface area contributed by atoms with Crippen LogP contribution in [0.1, 0.15) is 48.0 Å². The van der Waals surface area contributed by atoms with Gasteiger partial charge in [-0.15, -0.1) is 6.58 Å². The van der Waals surface area contributed by atoms with Crippen molar-refractivity contribution in [2.24, 2.45) is 0 Å². The van der Waals surface area contributed by atoms with Gasteiger partial charge in [-0.05, 0) is 45.3 Å². The molecule has 130 valence electrons. The third-order valence-electron chi connectivity index (χ3n) is 3.97. The van der Waals surface area contributed by atoms with Gasteiger partial charge in [0, 0.05) is 13.6 Å². The Labute approximate surface area is 138 Å². The predicted molar refractivity (Wildman–Crippen MR) is 95.7 cm³/mol. The van der Waals surface area contributed by atoms with E-state index in [1.807, 2.05) is 26.8 Å². The fraction of sp³-hybridized carbons (Fsp3) is 0.824. The molecule has 0 radical (unpaired) electrons. The lowest BCUT2D eigenvalue weighted by Crippen LogP contribution is -2.44. The van der Waals surface area contributed by atoms with Crippen LogP contribution in [0.3, 0.4) is 0 Å². The molecule has 1 atom stereocenters. The zero-order valence-electron chi connectivity index (χ0n) is 15.9. The van der Waals surface area contributed by atoms with Crippen molar-refractivity contribution in [2.75, 3.05) is 13.6 Å². The summed E-state index contributed by atoms with van der Waals surface area (Å²) < 4.78 is 11.7. The molecule has 0 aliphatic carbocycles. The molecule has 22 heavy (non-hydrogen) atoms. The average Bonchev–Trinajstić information content (AvgIpc) is 2.30. The second kappa shape index (κ2) is 7.64. The smallest absolute Gasteiger partial charge is 0.410 e. The van der Waals surface area contributed by atoms with Crippen LogP contribution in [0.4, 0.5) is 4.79 Å². The number of rotatable bonds is 6. The number of carbonyl (C=O) groups excluding carboxylic acids is 1. The van der Waals surface area contributed by atoms with E-state index in [1.165, 1.54) is 0 Å². The highest BCUT2D eigenvalue weighted by molar-refractivity contribution is 6.74. The van der Waals surface area contributed by atoms with Crippen LogP contribution in [-0.4, -0.2) is 44.6 Å². The Morgan fingerprint density at radius 2 is 1.73 bits per heavy atom. The number of hydrogen-bond donors (Lipinski definition) is 0. The normalized spacial score (nSPS) is 14.4. The molecule has 0 spiro atoms. The van der Waals surface area contributed by atoms with Crippen LogP contribution in [0.2, 0.25) is 18.1 Å². The van der Waals surface area contributed by atoms with E-state index in [1.54, 1.807) is 11.9 Å². The second-order valence-corrected chi connectivity index (χ2v) is 13.1. The Kier molecular flexibility index (Phi) is 7.36. The van der Waals surface area contributed by atoms with E-state index in [-0.39, 0.29) is 17.2 Å². The van der Waals surface area contributed by atoms with Crippen molar-refractivity contribution in [1.29, 1.82) is 0 Å². The lowest BCUT2D eigenvalue weighted by Gasteiger charge is -2.39. The van der Waals surface area contributed by atoms with Crippen LogP contribution < -0.4 is 0 Å². The van der Waals surface area contributed by atoms with Crippen molar-refractivity contribution < 1.29 is 14.0 Å². The Hall–Kier alpha value is -0.813. The van der Waals surface area contributed by atoms with Crippen molar-refractivity contribution in [3.05, 3.63) is 12.7 Å². The molecule has 1 amide bonds. The molecule has 0 bridgehead atoms. The van der Waals surface area contributed by atoms with Crippen molar-refractivity contribution in [3.63, 3.8) is 0 Å². The number of amides is 1. The van der Waals surface area contributed by atoms with Gasteiger partial charge in [0.15, 0.2) is 8.32 Å². The molecule has 0 heterocycles. The first-order valence-electron chi connectivity index (χ1n) is 7.94. The zero-order valence-corrected chi connectivity index (χ0v) is 16.9. The Bertz CT molecular complexity index is 380. The molecule has 0 aromatic heterocycles. The van der Waals surface area contributed by atoms with E-state index in [4.69, 9.17) is 9.16 Å². The number of carbonyl (C=O) groups is 1. The monoisotopic (exact) mass is 329 g/mol. The van der Waals surface area contributed by atoms with E-state index < -0.39 is 13.9 Å². The minimum absolute atomic E-state index is 0.0363. The fourth-order valence-electron chi connectivity index (χ4n) is 1.53. The van der Waals surface area contributed by atoms with Crippen LogP contribution >= 0.6 is 0 Å². The number of ether oxygens (including phenoxy) is 1. The van der Waals surface area contributed by atoms with Gasteiger partial charge in [-0.25, -0.2) is 4.79 Å². The van der Waals surface area contributed by atoms with Gasteiger partial charge in [0.25, 0.3) is 0 Å². The minimum Gasteiger partial charge on any atom is -0.444 e. The fourth-order valence-corrected chi connectivity index (χ4v) is 2.86. The topological polar surface area (TPSA) is 38.8 Å². The SMILES string of the molecule is C=CC(CCN(C)C(=O)OC(C)(C)C)O[Si](C)(C)C(C)(C)C. The van der Waals surface area contributed by atoms with Gasteiger partial charge in [0.1, 0.15) is 5.60 Å². The van der Waals surface area contributed by atoms with Crippen LogP contribution in [0.15, 0.2) is 12.7 Å². The van der Waals surface area contributed by atoms with Crippen LogP contribution in [-0.2, 0) is 9.16 Å². The number of nitrogens with zero attached hydrogens (tertiary/aromatic N) is 1. The standard InChI is InChI=1S/C17H35NO3Si/c1-11-14(21-22(9,10)17(5,6)7)12-13-18(8)15(19)20-16(2,3)4/h11,14H,1,12-13H2,2-10H3. The highest BCUT2D eigenvalue weighted by Gasteiger charge is 2.38. The van der Waals surface area contributed by atoms with E-state index in [0.29, 0.717) is 6.54 Å². The molecule has 1 unspecified atom stereocenters. The van der Waals surface area contributed by atoms with E-state index in [2.05, 4.69) is 40.4 Å². The molecule has 4 nitrogen and oxygen atoms in total. The third-order valence-corrected chi connectivity index (χ3v) is 8.47. The quantitative estimate of drug-likeness (QED) is 0.518. The van der Waals surface area contributed by atoms with Crippen LogP contribution in [0, 0.1) is 0 Å². The predicted octanol–water partition coefficient (Wildman–Crippen LogP) is 4.82. The summed E-state index contributed by atoms with van der Waals surface area (Å²) in [7, 11) is -0.0818. The van der Waals surface area contributed by atoms with E-state index >= 15 is 0 Å². The molecule has 5 heteroatoms. The summed E-state index contributed by atoms with van der Waals surface area (Å²) in [5, 5.41) is 0.158. The van der Waals surface area contributed by atoms with Gasteiger partial charge in [-0.3, -0.25) is 0 Å². The molecule has 0 N–H and O–H groups in total. The lowest BCUT2D eigenvalue weighted by atomic mass is 10.2. The van der Waals surface area contributed by atoms with E-state index in [0.717, 1.165) is 6.42 Å². The maximum Gasteiger partial charge on any atom is 0.410 e. The first-order chi connectivity index (χ1) is 9.69. The summed E-state index contributed by atoms with van der Waals surface area (Å²) in [6, 6.07) is 0. The molecular weight excluding hydrogens is 294 g/mol. The van der Waals surface area contributed by atoms with Crippen LogP contribution in [0.5, 0.6) is 0 Å². The molecule has 0 fully saturated rings. The van der Waals surface area contributed by atoms with Gasteiger partial charge < -0.3 is 14.1 Å². The molecule has 0 aromatic carbocycles. The third kappa shape index (κ3) is 7.45. The van der Waals surface area contributed by atoms with Crippen molar-refractivity contribution in [3.8, 4) is 0 Å². The van der Waals surface area contributed by atoms with Crippen molar-refractivity contribution in [2.45, 2.75) is 77.8 Å². The highest BCUT2D eigenvalue weighted by atomic mass is 28.4. The second-order valence-electron chi connectivity index (χ2n) is 8.34. The molecule has 0 aliphatic rings. The Morgan fingerprint density at radius 1 is 1.23 bits per heavy atom.